The van der Waals surface area contributed by atoms with E-state index in [1.807, 2.05) is 12.1 Å². The van der Waals surface area contributed by atoms with Gasteiger partial charge in [0.15, 0.2) is 0 Å². The first kappa shape index (κ1) is 35.7. The molecule has 0 aliphatic carbocycles. The fraction of sp³-hybridized carbons (Fsp3) is 0.588. The Hall–Kier alpha value is -2.61. The summed E-state index contributed by atoms with van der Waals surface area (Å²) in [6.07, 6.45) is 4.23. The zero-order valence-corrected chi connectivity index (χ0v) is 28.6. The number of carbonyl (C=O) groups is 2. The maximum Gasteiger partial charge on any atom is 0.409 e. The first-order valence-corrected chi connectivity index (χ1v) is 18.1. The van der Waals surface area contributed by atoms with Crippen molar-refractivity contribution in [2.75, 3.05) is 51.5 Å². The van der Waals surface area contributed by atoms with Crippen LogP contribution >= 0.6 is 11.6 Å². The predicted octanol–water partition coefficient (Wildman–Crippen LogP) is 4.70. The summed E-state index contributed by atoms with van der Waals surface area (Å²) < 4.78 is 48.1. The van der Waals surface area contributed by atoms with Crippen molar-refractivity contribution in [1.29, 1.82) is 0 Å². The maximum atomic E-state index is 15.4. The summed E-state index contributed by atoms with van der Waals surface area (Å²) in [5, 5.41) is 7.17. The number of hydrogen-bond acceptors (Lipinski definition) is 8. The third-order valence-corrected chi connectivity index (χ3v) is 10.8. The van der Waals surface area contributed by atoms with E-state index in [9.17, 15) is 18.4 Å². The molecule has 2 aromatic carbocycles. The van der Waals surface area contributed by atoms with Crippen molar-refractivity contribution < 1.29 is 32.2 Å². The minimum Gasteiger partial charge on any atom is -0.772 e. The molecule has 8 unspecified atom stereocenters. The molecule has 3 fully saturated rings. The second-order valence-corrected chi connectivity index (χ2v) is 14.2. The molecule has 3 heterocycles. The van der Waals surface area contributed by atoms with Crippen molar-refractivity contribution >= 4 is 40.4 Å². The van der Waals surface area contributed by atoms with Crippen molar-refractivity contribution in [3.05, 3.63) is 64.4 Å². The van der Waals surface area contributed by atoms with Crippen LogP contribution < -0.4 is 10.6 Å². The molecule has 0 aromatic heterocycles. The summed E-state index contributed by atoms with van der Waals surface area (Å²) in [6.45, 7) is 2.88. The van der Waals surface area contributed by atoms with Crippen LogP contribution in [0.25, 0.3) is 0 Å². The lowest BCUT2D eigenvalue weighted by molar-refractivity contribution is -0.121. The Bertz CT molecular complexity index is 1400. The van der Waals surface area contributed by atoms with Gasteiger partial charge in [-0.15, -0.1) is 0 Å². The van der Waals surface area contributed by atoms with Crippen molar-refractivity contribution in [3.63, 3.8) is 0 Å². The average molecular weight is 692 g/mol. The van der Waals surface area contributed by atoms with Crippen LogP contribution in [0.5, 0.6) is 0 Å². The lowest BCUT2D eigenvalue weighted by atomic mass is 9.76. The standard InChI is InChI=1S/C34H46ClFN4O6S/c1-39(34(42)45-2)32(31(22-6-4-17-46-18-16-22)23-10-12-24(35)13-11-23)33(41)38-28-9-3-8-27(36)26(28)14-15-29-30-21-40(30)25(20-37-29)7-5-19-47(43)44/h3,8-13,22,25,29-32,37H,4-7,14-21H2,1-2H3,(H,38,41)(H,43,44)/p-1. The monoisotopic (exact) mass is 691 g/mol. The molecule has 10 nitrogen and oxygen atoms in total. The number of halogens is 2. The van der Waals surface area contributed by atoms with Gasteiger partial charge >= 0.3 is 6.09 Å². The van der Waals surface area contributed by atoms with Crippen LogP contribution in [-0.2, 0) is 31.8 Å². The zero-order chi connectivity index (χ0) is 33.5. The van der Waals surface area contributed by atoms with Gasteiger partial charge in [0.1, 0.15) is 11.9 Å². The van der Waals surface area contributed by atoms with E-state index in [2.05, 4.69) is 15.5 Å². The number of amides is 2. The van der Waals surface area contributed by atoms with Gasteiger partial charge in [0.2, 0.25) is 5.91 Å². The van der Waals surface area contributed by atoms with Gasteiger partial charge in [0, 0.05) is 79.4 Å². The van der Waals surface area contributed by atoms with Gasteiger partial charge in [-0.05, 0) is 80.7 Å². The maximum absolute atomic E-state index is 15.4. The van der Waals surface area contributed by atoms with Gasteiger partial charge in [-0.25, -0.2) is 9.18 Å². The smallest absolute Gasteiger partial charge is 0.409 e. The molecule has 47 heavy (non-hydrogen) atoms. The molecule has 8 atom stereocenters. The molecular formula is C34H45ClFN4O6S-. The lowest BCUT2D eigenvalue weighted by Crippen LogP contribution is -2.50. The number of anilines is 1. The van der Waals surface area contributed by atoms with Crippen LogP contribution in [0.2, 0.25) is 5.02 Å². The Kier molecular flexibility index (Phi) is 12.7. The highest BCUT2D eigenvalue weighted by molar-refractivity contribution is 7.79. The van der Waals surface area contributed by atoms with E-state index in [4.69, 9.17) is 21.1 Å². The second-order valence-electron chi connectivity index (χ2n) is 12.8. The normalized spacial score (nSPS) is 25.9. The van der Waals surface area contributed by atoms with Crippen molar-refractivity contribution in [2.45, 2.75) is 75.0 Å². The van der Waals surface area contributed by atoms with E-state index in [-0.39, 0.29) is 17.7 Å². The van der Waals surface area contributed by atoms with Crippen molar-refractivity contribution in [1.82, 2.24) is 15.1 Å². The Morgan fingerprint density at radius 2 is 2.00 bits per heavy atom. The number of nitrogens with one attached hydrogen (secondary N) is 2. The molecule has 0 bridgehead atoms. The van der Waals surface area contributed by atoms with Crippen LogP contribution in [0.15, 0.2) is 42.5 Å². The van der Waals surface area contributed by atoms with E-state index >= 15 is 4.39 Å². The number of benzene rings is 2. The molecule has 2 N–H and O–H groups in total. The lowest BCUT2D eigenvalue weighted by Gasteiger charge is -2.37. The summed E-state index contributed by atoms with van der Waals surface area (Å²) in [4.78, 5) is 31.1. The molecule has 0 saturated carbocycles. The second kappa shape index (κ2) is 16.7. The third kappa shape index (κ3) is 9.10. The fourth-order valence-electron chi connectivity index (χ4n) is 7.45. The molecule has 3 saturated heterocycles. The highest BCUT2D eigenvalue weighted by atomic mass is 35.5. The molecule has 2 amide bonds. The van der Waals surface area contributed by atoms with E-state index in [0.29, 0.717) is 67.3 Å². The molecule has 3 aliphatic heterocycles. The van der Waals surface area contributed by atoms with Crippen molar-refractivity contribution in [2.24, 2.45) is 5.92 Å². The SMILES string of the molecule is COC(=O)N(C)C(C(=O)Nc1cccc(F)c1CCC1NCC(CCCS(=O)[O-])N2CC12)C(c1ccc(Cl)cc1)C1CCCOCC1. The van der Waals surface area contributed by atoms with Crippen molar-refractivity contribution in [3.8, 4) is 0 Å². The topological polar surface area (TPSA) is 123 Å². The summed E-state index contributed by atoms with van der Waals surface area (Å²) in [7, 11) is 2.84. The van der Waals surface area contributed by atoms with Gasteiger partial charge in [-0.3, -0.25) is 18.8 Å². The molecule has 5 rings (SSSR count). The van der Waals surface area contributed by atoms with Crippen LogP contribution in [-0.4, -0.2) is 101 Å². The summed E-state index contributed by atoms with van der Waals surface area (Å²) >= 11 is 4.21. The Morgan fingerprint density at radius 1 is 1.21 bits per heavy atom. The minimum absolute atomic E-state index is 0.0265. The number of methoxy groups -OCH3 is 1. The minimum atomic E-state index is -2.02. The Balaban J connectivity index is 1.34. The highest BCUT2D eigenvalue weighted by Crippen LogP contribution is 2.39. The first-order chi connectivity index (χ1) is 22.7. The van der Waals surface area contributed by atoms with Gasteiger partial charge in [-0.1, -0.05) is 40.9 Å². The number of likely N-dealkylation sites (N-methyl/N-ethyl adjacent to an activating group) is 1. The number of piperazine rings is 1. The molecular weight excluding hydrogens is 647 g/mol. The number of nitrogens with zero attached hydrogens (tertiary/aromatic N) is 2. The highest BCUT2D eigenvalue weighted by Gasteiger charge is 2.47. The summed E-state index contributed by atoms with van der Waals surface area (Å²) in [5.74, 6) is -1.03. The van der Waals surface area contributed by atoms with Gasteiger partial charge in [-0.2, -0.15) is 0 Å². The number of ether oxygens (including phenoxy) is 2. The Morgan fingerprint density at radius 3 is 2.74 bits per heavy atom. The van der Waals surface area contributed by atoms with E-state index in [1.54, 1.807) is 31.3 Å². The largest absolute Gasteiger partial charge is 0.772 e. The fourth-order valence-corrected chi connectivity index (χ4v) is 7.97. The van der Waals surface area contributed by atoms with Crippen LogP contribution in [0, 0.1) is 11.7 Å². The molecule has 3 aliphatic rings. The van der Waals surface area contributed by atoms with E-state index < -0.39 is 40.9 Å². The molecule has 258 valence electrons. The van der Waals surface area contributed by atoms with E-state index in [0.717, 1.165) is 37.9 Å². The predicted molar refractivity (Wildman–Crippen MR) is 179 cm³/mol. The van der Waals surface area contributed by atoms with E-state index in [1.165, 1.54) is 18.1 Å². The molecule has 13 heteroatoms. The third-order valence-electron chi connectivity index (χ3n) is 9.92. The van der Waals surface area contributed by atoms with Gasteiger partial charge in [0.05, 0.1) is 7.11 Å². The van der Waals surface area contributed by atoms with Gasteiger partial charge < -0.3 is 24.7 Å². The zero-order valence-electron chi connectivity index (χ0n) is 27.0. The molecule has 2 aromatic rings. The van der Waals surface area contributed by atoms with Crippen LogP contribution in [0.3, 0.4) is 0 Å². The first-order valence-electron chi connectivity index (χ1n) is 16.4. The number of rotatable bonds is 13. The Labute approximate surface area is 284 Å². The number of fused-ring (bicyclic) bond motifs is 1. The number of hydrogen-bond donors (Lipinski definition) is 2. The average Bonchev–Trinajstić information content (AvgIpc) is 3.89. The van der Waals surface area contributed by atoms with Crippen LogP contribution in [0.4, 0.5) is 14.9 Å². The molecule has 0 spiro atoms. The van der Waals surface area contributed by atoms with Gasteiger partial charge in [0.25, 0.3) is 0 Å². The summed E-state index contributed by atoms with van der Waals surface area (Å²) in [5.41, 5.74) is 1.66. The van der Waals surface area contributed by atoms with Crippen LogP contribution in [0.1, 0.15) is 55.6 Å². The number of carbonyl (C=O) groups excluding carboxylic acids is 2. The quantitative estimate of drug-likeness (QED) is 0.229. The summed E-state index contributed by atoms with van der Waals surface area (Å²) in [6, 6.07) is 11.9. The molecule has 0 radical (unpaired) electrons.